The molecule has 0 spiro atoms. The number of hydrogen-bond acceptors (Lipinski definition) is 4. The Morgan fingerprint density at radius 2 is 1.95 bits per heavy atom. The number of hydrogen-bond donors (Lipinski definition) is 1. The van der Waals surface area contributed by atoms with Gasteiger partial charge in [-0.2, -0.15) is 0 Å². The first-order chi connectivity index (χ1) is 10.1. The van der Waals surface area contributed by atoms with Crippen LogP contribution in [-0.4, -0.2) is 26.5 Å². The van der Waals surface area contributed by atoms with Crippen molar-refractivity contribution in [1.29, 1.82) is 0 Å². The number of rotatable bonds is 9. The minimum atomic E-state index is -3.26. The molecule has 1 N–H and O–H groups in total. The summed E-state index contributed by atoms with van der Waals surface area (Å²) in [7, 11) is -0.447. The molecular formula is C16H24NO3P. The smallest absolute Gasteiger partial charge is 0.311 e. The summed E-state index contributed by atoms with van der Waals surface area (Å²) in [5.41, 5.74) is 2.12. The molecule has 0 aliphatic carbocycles. The maximum Gasteiger partial charge on any atom is 0.351 e. The SMILES string of the molecule is C=CCNC(/C(=C/C)Cc1ccccc1)P(=O)(OC)OC. The van der Waals surface area contributed by atoms with Crippen molar-refractivity contribution < 1.29 is 13.6 Å². The minimum absolute atomic E-state index is 0.490. The second-order valence-electron chi connectivity index (χ2n) is 4.53. The first-order valence-electron chi connectivity index (χ1n) is 6.85. The molecule has 21 heavy (non-hydrogen) atoms. The Hall–Kier alpha value is -1.19. The number of allylic oxidation sites excluding steroid dienone is 1. The van der Waals surface area contributed by atoms with Crippen LogP contribution in [0.1, 0.15) is 12.5 Å². The van der Waals surface area contributed by atoms with Crippen LogP contribution in [0.5, 0.6) is 0 Å². The van der Waals surface area contributed by atoms with Crippen LogP contribution in [0, 0.1) is 0 Å². The van der Waals surface area contributed by atoms with Crippen molar-refractivity contribution in [2.45, 2.75) is 19.1 Å². The van der Waals surface area contributed by atoms with Gasteiger partial charge in [-0.3, -0.25) is 9.88 Å². The van der Waals surface area contributed by atoms with Crippen molar-refractivity contribution in [2.24, 2.45) is 0 Å². The molecule has 0 saturated carbocycles. The highest BCUT2D eigenvalue weighted by Crippen LogP contribution is 2.53. The summed E-state index contributed by atoms with van der Waals surface area (Å²) in [4.78, 5) is 0. The third kappa shape index (κ3) is 4.94. The third-order valence-electron chi connectivity index (χ3n) is 3.25. The van der Waals surface area contributed by atoms with Crippen molar-refractivity contribution in [2.75, 3.05) is 20.8 Å². The van der Waals surface area contributed by atoms with Crippen LogP contribution in [0.15, 0.2) is 54.6 Å². The summed E-state index contributed by atoms with van der Waals surface area (Å²) in [6.07, 6.45) is 4.36. The fraction of sp³-hybridized carbons (Fsp3) is 0.375. The molecule has 0 heterocycles. The molecule has 116 valence electrons. The van der Waals surface area contributed by atoms with E-state index in [1.54, 1.807) is 6.08 Å². The Morgan fingerprint density at radius 3 is 2.43 bits per heavy atom. The van der Waals surface area contributed by atoms with Crippen LogP contribution < -0.4 is 5.32 Å². The predicted octanol–water partition coefficient (Wildman–Crippen LogP) is 3.76. The quantitative estimate of drug-likeness (QED) is 0.557. The summed E-state index contributed by atoms with van der Waals surface area (Å²) in [6.45, 7) is 6.13. The van der Waals surface area contributed by atoms with Crippen molar-refractivity contribution in [3.05, 3.63) is 60.2 Å². The van der Waals surface area contributed by atoms with Gasteiger partial charge in [0.2, 0.25) is 0 Å². The first kappa shape index (κ1) is 17.9. The zero-order valence-electron chi connectivity index (χ0n) is 12.9. The van der Waals surface area contributed by atoms with Gasteiger partial charge in [0.05, 0.1) is 0 Å². The van der Waals surface area contributed by atoms with Crippen LogP contribution in [0.2, 0.25) is 0 Å². The molecule has 0 aromatic heterocycles. The molecule has 0 bridgehead atoms. The Balaban J connectivity index is 3.04. The fourth-order valence-electron chi connectivity index (χ4n) is 2.11. The molecule has 4 nitrogen and oxygen atoms in total. The van der Waals surface area contributed by atoms with Crippen molar-refractivity contribution in [1.82, 2.24) is 5.32 Å². The zero-order chi connectivity index (χ0) is 15.7. The van der Waals surface area contributed by atoms with Gasteiger partial charge in [-0.15, -0.1) is 6.58 Å². The fourth-order valence-corrected chi connectivity index (χ4v) is 3.66. The van der Waals surface area contributed by atoms with Crippen LogP contribution >= 0.6 is 7.60 Å². The van der Waals surface area contributed by atoms with Gasteiger partial charge in [0.1, 0.15) is 5.78 Å². The lowest BCUT2D eigenvalue weighted by atomic mass is 10.0. The Bertz CT molecular complexity index is 506. The molecule has 0 aliphatic rings. The van der Waals surface area contributed by atoms with E-state index in [1.165, 1.54) is 14.2 Å². The van der Waals surface area contributed by atoms with E-state index in [1.807, 2.05) is 43.3 Å². The second-order valence-corrected chi connectivity index (χ2v) is 6.86. The van der Waals surface area contributed by atoms with Crippen LogP contribution in [0.4, 0.5) is 0 Å². The molecule has 1 aromatic rings. The van der Waals surface area contributed by atoms with Crippen molar-refractivity contribution >= 4 is 7.60 Å². The first-order valence-corrected chi connectivity index (χ1v) is 8.47. The van der Waals surface area contributed by atoms with E-state index in [0.29, 0.717) is 13.0 Å². The summed E-state index contributed by atoms with van der Waals surface area (Å²) in [5, 5.41) is 3.18. The predicted molar refractivity (Wildman–Crippen MR) is 87.5 cm³/mol. The summed E-state index contributed by atoms with van der Waals surface area (Å²) < 4.78 is 23.1. The van der Waals surface area contributed by atoms with E-state index in [2.05, 4.69) is 11.9 Å². The molecule has 1 rings (SSSR count). The largest absolute Gasteiger partial charge is 0.351 e. The van der Waals surface area contributed by atoms with Crippen molar-refractivity contribution in [3.63, 3.8) is 0 Å². The Kier molecular flexibility index (Phi) is 7.62. The van der Waals surface area contributed by atoms with E-state index in [4.69, 9.17) is 9.05 Å². The monoisotopic (exact) mass is 309 g/mol. The second kappa shape index (κ2) is 8.96. The van der Waals surface area contributed by atoms with Gasteiger partial charge in [0.15, 0.2) is 0 Å². The van der Waals surface area contributed by atoms with E-state index in [9.17, 15) is 4.57 Å². The highest BCUT2D eigenvalue weighted by atomic mass is 31.2. The van der Waals surface area contributed by atoms with Gasteiger partial charge in [0, 0.05) is 20.8 Å². The number of nitrogens with one attached hydrogen (secondary N) is 1. The topological polar surface area (TPSA) is 47.6 Å². The van der Waals surface area contributed by atoms with Crippen LogP contribution in [0.25, 0.3) is 0 Å². The van der Waals surface area contributed by atoms with E-state index in [0.717, 1.165) is 11.1 Å². The Morgan fingerprint density at radius 1 is 1.33 bits per heavy atom. The van der Waals surface area contributed by atoms with E-state index < -0.39 is 13.4 Å². The van der Waals surface area contributed by atoms with E-state index >= 15 is 0 Å². The molecule has 1 atom stereocenters. The van der Waals surface area contributed by atoms with Gasteiger partial charge in [0.25, 0.3) is 0 Å². The highest BCUT2D eigenvalue weighted by molar-refractivity contribution is 7.54. The van der Waals surface area contributed by atoms with Gasteiger partial charge in [-0.05, 0) is 24.5 Å². The summed E-state index contributed by atoms with van der Waals surface area (Å²) in [6, 6.07) is 10.0. The van der Waals surface area contributed by atoms with Gasteiger partial charge >= 0.3 is 7.60 Å². The number of benzene rings is 1. The maximum absolute atomic E-state index is 12.8. The summed E-state index contributed by atoms with van der Waals surface area (Å²) >= 11 is 0. The highest BCUT2D eigenvalue weighted by Gasteiger charge is 2.35. The molecule has 5 heteroatoms. The molecule has 0 amide bonds. The maximum atomic E-state index is 12.8. The van der Waals surface area contributed by atoms with Gasteiger partial charge in [-0.25, -0.2) is 0 Å². The lowest BCUT2D eigenvalue weighted by Gasteiger charge is -2.27. The minimum Gasteiger partial charge on any atom is -0.311 e. The molecular weight excluding hydrogens is 285 g/mol. The molecule has 0 aliphatic heterocycles. The average Bonchev–Trinajstić information content (AvgIpc) is 2.54. The van der Waals surface area contributed by atoms with Crippen LogP contribution in [0.3, 0.4) is 0 Å². The molecule has 0 fully saturated rings. The average molecular weight is 309 g/mol. The summed E-state index contributed by atoms with van der Waals surface area (Å²) in [5.74, 6) is -0.490. The van der Waals surface area contributed by atoms with Gasteiger partial charge < -0.3 is 9.05 Å². The normalized spacial score (nSPS) is 14.0. The van der Waals surface area contributed by atoms with Crippen molar-refractivity contribution in [3.8, 4) is 0 Å². The van der Waals surface area contributed by atoms with E-state index in [-0.39, 0.29) is 0 Å². The standard InChI is InChI=1S/C16H24NO3P/c1-5-12-17-16(21(18,19-3)20-4)15(6-2)13-14-10-8-7-9-11-14/h5-11,16-17H,1,12-13H2,2-4H3/b15-6+. The van der Waals surface area contributed by atoms with Gasteiger partial charge in [-0.1, -0.05) is 42.5 Å². The zero-order valence-corrected chi connectivity index (χ0v) is 13.8. The lowest BCUT2D eigenvalue weighted by molar-refractivity contribution is 0.264. The molecule has 1 unspecified atom stereocenters. The Labute approximate surface area is 127 Å². The molecule has 1 aromatic carbocycles. The third-order valence-corrected chi connectivity index (χ3v) is 5.42. The molecule has 0 radical (unpaired) electrons. The molecule has 0 saturated heterocycles. The lowest BCUT2D eigenvalue weighted by Crippen LogP contribution is -2.33. The van der Waals surface area contributed by atoms with Crippen LogP contribution in [-0.2, 0) is 20.0 Å².